The summed E-state index contributed by atoms with van der Waals surface area (Å²) in [5.41, 5.74) is 4.93. The Morgan fingerprint density at radius 1 is 1.05 bits per heavy atom. The molecule has 0 amide bonds. The molecule has 0 aliphatic rings. The predicted molar refractivity (Wildman–Crippen MR) is 73.0 cm³/mol. The van der Waals surface area contributed by atoms with Crippen LogP contribution >= 0.6 is 11.6 Å². The molecule has 112 valence electrons. The summed E-state index contributed by atoms with van der Waals surface area (Å²) in [4.78, 5) is -0.958. The van der Waals surface area contributed by atoms with Gasteiger partial charge in [-0.05, 0) is 30.3 Å². The Labute approximate surface area is 123 Å². The first kappa shape index (κ1) is 15.5. The van der Waals surface area contributed by atoms with Crippen LogP contribution in [0.1, 0.15) is 0 Å². The van der Waals surface area contributed by atoms with Gasteiger partial charge in [-0.3, -0.25) is 4.72 Å². The number of hydrogen-bond donors (Lipinski definition) is 2. The molecule has 4 nitrogen and oxygen atoms in total. The number of nitrogens with two attached hydrogens (primary N) is 1. The summed E-state index contributed by atoms with van der Waals surface area (Å²) in [5, 5.41) is -0.325. The predicted octanol–water partition coefficient (Wildman–Crippen LogP) is 3.14. The quantitative estimate of drug-likeness (QED) is 0.846. The Kier molecular flexibility index (Phi) is 4.02. The van der Waals surface area contributed by atoms with Crippen LogP contribution in [0, 0.1) is 17.5 Å². The van der Waals surface area contributed by atoms with Gasteiger partial charge in [0, 0.05) is 5.69 Å². The van der Waals surface area contributed by atoms with E-state index < -0.39 is 32.4 Å². The molecular weight excluding hydrogens is 329 g/mol. The molecule has 3 N–H and O–H groups in total. The molecule has 0 aliphatic heterocycles. The lowest BCUT2D eigenvalue weighted by Gasteiger charge is -2.10. The first-order chi connectivity index (χ1) is 9.70. The first-order valence-corrected chi connectivity index (χ1v) is 7.29. The summed E-state index contributed by atoms with van der Waals surface area (Å²) in [6.45, 7) is 0. The zero-order valence-electron chi connectivity index (χ0n) is 10.2. The third-order valence-corrected chi connectivity index (χ3v) is 4.15. The van der Waals surface area contributed by atoms with Crippen molar-refractivity contribution in [2.45, 2.75) is 4.90 Å². The Morgan fingerprint density at radius 2 is 1.71 bits per heavy atom. The Hall–Kier alpha value is -1.93. The van der Waals surface area contributed by atoms with Crippen molar-refractivity contribution in [1.29, 1.82) is 0 Å². The van der Waals surface area contributed by atoms with Crippen molar-refractivity contribution >= 4 is 33.0 Å². The molecule has 0 fully saturated rings. The molecule has 0 spiro atoms. The van der Waals surface area contributed by atoms with E-state index in [0.29, 0.717) is 6.07 Å². The minimum Gasteiger partial charge on any atom is -0.399 e. The molecule has 0 bridgehead atoms. The highest BCUT2D eigenvalue weighted by Crippen LogP contribution is 2.25. The fourth-order valence-electron chi connectivity index (χ4n) is 1.55. The molecule has 2 aromatic rings. The molecule has 2 aromatic carbocycles. The molecule has 0 saturated carbocycles. The molecule has 0 unspecified atom stereocenters. The summed E-state index contributed by atoms with van der Waals surface area (Å²) >= 11 is 5.51. The van der Waals surface area contributed by atoms with Gasteiger partial charge in [-0.2, -0.15) is 0 Å². The number of nitrogens with one attached hydrogen (secondary N) is 1. The van der Waals surface area contributed by atoms with E-state index in [4.69, 9.17) is 17.3 Å². The molecule has 0 aliphatic carbocycles. The second kappa shape index (κ2) is 5.45. The number of benzene rings is 2. The molecule has 0 saturated heterocycles. The Bertz CT molecular complexity index is 812. The third-order valence-electron chi connectivity index (χ3n) is 2.48. The zero-order valence-corrected chi connectivity index (χ0v) is 11.8. The van der Waals surface area contributed by atoms with E-state index in [9.17, 15) is 21.6 Å². The minimum atomic E-state index is -4.44. The van der Waals surface area contributed by atoms with Gasteiger partial charge >= 0.3 is 0 Å². The summed E-state index contributed by atoms with van der Waals surface area (Å²) < 4.78 is 65.8. The molecule has 0 radical (unpaired) electrons. The zero-order chi connectivity index (χ0) is 15.8. The van der Waals surface area contributed by atoms with Gasteiger partial charge in [-0.1, -0.05) is 11.6 Å². The smallest absolute Gasteiger partial charge is 0.265 e. The highest BCUT2D eigenvalue weighted by atomic mass is 35.5. The van der Waals surface area contributed by atoms with Gasteiger partial charge in [0.2, 0.25) is 0 Å². The minimum absolute atomic E-state index is 0.108. The number of nitrogen functional groups attached to an aromatic ring is 1. The first-order valence-electron chi connectivity index (χ1n) is 5.43. The lowest BCUT2D eigenvalue weighted by molar-refractivity contribution is 0.486. The van der Waals surface area contributed by atoms with Crippen molar-refractivity contribution in [3.63, 3.8) is 0 Å². The number of hydrogen-bond acceptors (Lipinski definition) is 3. The van der Waals surface area contributed by atoms with Crippen LogP contribution in [0.4, 0.5) is 24.5 Å². The van der Waals surface area contributed by atoms with Crippen molar-refractivity contribution < 1.29 is 21.6 Å². The lowest BCUT2D eigenvalue weighted by atomic mass is 10.3. The molecule has 0 atom stereocenters. The van der Waals surface area contributed by atoms with Gasteiger partial charge in [0.05, 0.1) is 10.7 Å². The highest BCUT2D eigenvalue weighted by molar-refractivity contribution is 7.92. The van der Waals surface area contributed by atoms with Crippen LogP contribution < -0.4 is 10.5 Å². The van der Waals surface area contributed by atoms with Crippen LogP contribution in [-0.2, 0) is 10.0 Å². The topological polar surface area (TPSA) is 72.2 Å². The van der Waals surface area contributed by atoms with Crippen LogP contribution in [-0.4, -0.2) is 8.42 Å². The maximum Gasteiger partial charge on any atom is 0.265 e. The second-order valence-electron chi connectivity index (χ2n) is 4.05. The third kappa shape index (κ3) is 3.22. The summed E-state index contributed by atoms with van der Waals surface area (Å²) in [6, 6.07) is 4.43. The number of sulfonamides is 1. The molecule has 9 heteroatoms. The molecule has 2 rings (SSSR count). The molecular formula is C12H8ClF3N2O2S. The van der Waals surface area contributed by atoms with E-state index in [1.54, 1.807) is 0 Å². The second-order valence-corrected chi connectivity index (χ2v) is 6.11. The number of rotatable bonds is 3. The van der Waals surface area contributed by atoms with E-state index in [-0.39, 0.29) is 16.4 Å². The summed E-state index contributed by atoms with van der Waals surface area (Å²) in [5.74, 6) is -3.71. The number of anilines is 2. The molecule has 0 aromatic heterocycles. The van der Waals surface area contributed by atoms with Gasteiger partial charge in [-0.25, -0.2) is 21.6 Å². The van der Waals surface area contributed by atoms with E-state index in [2.05, 4.69) is 0 Å². The van der Waals surface area contributed by atoms with Crippen LogP contribution in [0.3, 0.4) is 0 Å². The average Bonchev–Trinajstić information content (AvgIpc) is 2.37. The fourth-order valence-corrected chi connectivity index (χ4v) is 2.90. The van der Waals surface area contributed by atoms with E-state index in [1.165, 1.54) is 0 Å². The van der Waals surface area contributed by atoms with E-state index >= 15 is 0 Å². The maximum absolute atomic E-state index is 13.6. The van der Waals surface area contributed by atoms with Crippen LogP contribution in [0.2, 0.25) is 5.02 Å². The van der Waals surface area contributed by atoms with Gasteiger partial charge in [-0.15, -0.1) is 0 Å². The van der Waals surface area contributed by atoms with Crippen molar-refractivity contribution in [1.82, 2.24) is 0 Å². The lowest BCUT2D eigenvalue weighted by Crippen LogP contribution is -2.16. The summed E-state index contributed by atoms with van der Waals surface area (Å²) in [6.07, 6.45) is 0. The van der Waals surface area contributed by atoms with Crippen molar-refractivity contribution in [3.05, 3.63) is 52.8 Å². The van der Waals surface area contributed by atoms with Gasteiger partial charge in [0.25, 0.3) is 10.0 Å². The van der Waals surface area contributed by atoms with Crippen molar-refractivity contribution in [2.75, 3.05) is 10.5 Å². The van der Waals surface area contributed by atoms with Gasteiger partial charge in [0.15, 0.2) is 11.6 Å². The normalized spacial score (nSPS) is 11.4. The Balaban J connectivity index is 2.45. The van der Waals surface area contributed by atoms with Gasteiger partial charge < -0.3 is 5.73 Å². The number of halogens is 4. The maximum atomic E-state index is 13.6. The largest absolute Gasteiger partial charge is 0.399 e. The van der Waals surface area contributed by atoms with E-state index in [0.717, 1.165) is 24.3 Å². The highest BCUT2D eigenvalue weighted by Gasteiger charge is 2.23. The van der Waals surface area contributed by atoms with Crippen molar-refractivity contribution in [3.8, 4) is 0 Å². The molecule has 21 heavy (non-hydrogen) atoms. The monoisotopic (exact) mass is 336 g/mol. The SMILES string of the molecule is Nc1cc(F)c(F)c(S(=O)(=O)Nc2ccc(F)c(Cl)c2)c1. The van der Waals surface area contributed by atoms with Gasteiger partial charge in [0.1, 0.15) is 10.7 Å². The average molecular weight is 337 g/mol. The van der Waals surface area contributed by atoms with E-state index in [1.807, 2.05) is 4.72 Å². The summed E-state index contributed by atoms with van der Waals surface area (Å²) in [7, 11) is -4.44. The van der Waals surface area contributed by atoms with Crippen LogP contribution in [0.5, 0.6) is 0 Å². The Morgan fingerprint density at radius 3 is 2.33 bits per heavy atom. The van der Waals surface area contributed by atoms with Crippen LogP contribution in [0.25, 0.3) is 0 Å². The van der Waals surface area contributed by atoms with Crippen LogP contribution in [0.15, 0.2) is 35.2 Å². The van der Waals surface area contributed by atoms with Crippen molar-refractivity contribution in [2.24, 2.45) is 0 Å². The fraction of sp³-hybridized carbons (Fsp3) is 0. The standard InChI is InChI=1S/C12H8ClF3N2O2S/c13-8-5-7(1-2-9(8)14)18-21(19,20)11-4-6(17)3-10(15)12(11)16/h1-5,18H,17H2. The molecule has 0 heterocycles.